The second-order valence-corrected chi connectivity index (χ2v) is 8.61. The molecule has 7 heteroatoms. The highest BCUT2D eigenvalue weighted by Gasteiger charge is 2.20. The van der Waals surface area contributed by atoms with Gasteiger partial charge in [0.05, 0.1) is 6.54 Å². The monoisotopic (exact) mass is 421 g/mol. The lowest BCUT2D eigenvalue weighted by atomic mass is 10.1. The van der Waals surface area contributed by atoms with Crippen LogP contribution in [0.1, 0.15) is 32.9 Å². The molecular weight excluding hydrogens is 394 g/mol. The largest absolute Gasteiger partial charge is 0.320 e. The molecule has 4 rings (SSSR count). The van der Waals surface area contributed by atoms with E-state index in [0.717, 1.165) is 56.4 Å². The van der Waals surface area contributed by atoms with Crippen molar-refractivity contribution in [1.82, 2.24) is 20.0 Å². The zero-order valence-corrected chi connectivity index (χ0v) is 18.1. The minimum Gasteiger partial charge on any atom is -0.320 e. The molecule has 1 saturated heterocycles. The summed E-state index contributed by atoms with van der Waals surface area (Å²) in [7, 11) is 0. The van der Waals surface area contributed by atoms with Crippen molar-refractivity contribution < 1.29 is 4.79 Å². The zero-order valence-electron chi connectivity index (χ0n) is 17.3. The summed E-state index contributed by atoms with van der Waals surface area (Å²) < 4.78 is 0. The van der Waals surface area contributed by atoms with Gasteiger partial charge in [0.1, 0.15) is 5.01 Å². The molecule has 2 heterocycles. The van der Waals surface area contributed by atoms with Crippen molar-refractivity contribution in [2.75, 3.05) is 31.5 Å². The van der Waals surface area contributed by atoms with Crippen molar-refractivity contribution in [3.8, 4) is 0 Å². The van der Waals surface area contributed by atoms with Crippen molar-refractivity contribution in [1.29, 1.82) is 0 Å². The van der Waals surface area contributed by atoms with Crippen LogP contribution in [0.5, 0.6) is 0 Å². The highest BCUT2D eigenvalue weighted by Crippen LogP contribution is 2.17. The van der Waals surface area contributed by atoms with Gasteiger partial charge in [-0.3, -0.25) is 14.6 Å². The van der Waals surface area contributed by atoms with E-state index >= 15 is 0 Å². The van der Waals surface area contributed by atoms with Gasteiger partial charge < -0.3 is 5.32 Å². The molecule has 1 aliphatic heterocycles. The molecule has 1 amide bonds. The first-order chi connectivity index (χ1) is 14.7. The Hall–Kier alpha value is -2.61. The van der Waals surface area contributed by atoms with Gasteiger partial charge in [0, 0.05) is 38.4 Å². The summed E-state index contributed by atoms with van der Waals surface area (Å²) >= 11 is 1.38. The predicted molar refractivity (Wildman–Crippen MR) is 121 cm³/mol. The van der Waals surface area contributed by atoms with Crippen molar-refractivity contribution in [2.45, 2.75) is 26.4 Å². The van der Waals surface area contributed by atoms with Crippen LogP contribution in [-0.4, -0.2) is 52.1 Å². The molecule has 1 aliphatic rings. The van der Waals surface area contributed by atoms with Gasteiger partial charge >= 0.3 is 0 Å². The first-order valence-corrected chi connectivity index (χ1v) is 11.2. The van der Waals surface area contributed by atoms with Gasteiger partial charge in [0.25, 0.3) is 5.91 Å². The van der Waals surface area contributed by atoms with Crippen LogP contribution in [0.3, 0.4) is 0 Å². The Kier molecular flexibility index (Phi) is 6.84. The summed E-state index contributed by atoms with van der Waals surface area (Å²) in [6, 6.07) is 18.5. The topological polar surface area (TPSA) is 61.4 Å². The van der Waals surface area contributed by atoms with Crippen LogP contribution in [-0.2, 0) is 19.5 Å². The number of piperazine rings is 1. The number of benzene rings is 2. The van der Waals surface area contributed by atoms with Crippen LogP contribution in [0.15, 0.2) is 54.6 Å². The van der Waals surface area contributed by atoms with Crippen LogP contribution in [0, 0.1) is 0 Å². The molecule has 156 valence electrons. The number of hydrogen-bond acceptors (Lipinski definition) is 6. The van der Waals surface area contributed by atoms with Gasteiger partial charge in [0.2, 0.25) is 5.01 Å². The quantitative estimate of drug-likeness (QED) is 0.631. The van der Waals surface area contributed by atoms with E-state index in [-0.39, 0.29) is 5.91 Å². The third kappa shape index (κ3) is 5.50. The first-order valence-electron chi connectivity index (χ1n) is 10.4. The highest BCUT2D eigenvalue weighted by atomic mass is 32.1. The van der Waals surface area contributed by atoms with E-state index in [4.69, 9.17) is 0 Å². The molecule has 0 spiro atoms. The number of aromatic nitrogens is 2. The summed E-state index contributed by atoms with van der Waals surface area (Å²) in [6.45, 7) is 7.92. The second kappa shape index (κ2) is 9.93. The maximum Gasteiger partial charge on any atom is 0.286 e. The first kappa shape index (κ1) is 20.7. The van der Waals surface area contributed by atoms with E-state index in [2.05, 4.69) is 62.6 Å². The molecule has 0 bridgehead atoms. The van der Waals surface area contributed by atoms with Gasteiger partial charge in [-0.1, -0.05) is 60.7 Å². The fraction of sp³-hybridized carbons (Fsp3) is 0.348. The predicted octanol–water partition coefficient (Wildman–Crippen LogP) is 3.67. The van der Waals surface area contributed by atoms with Crippen molar-refractivity contribution in [2.24, 2.45) is 0 Å². The molecule has 3 aromatic rings. The summed E-state index contributed by atoms with van der Waals surface area (Å²) in [5, 5.41) is 12.5. The van der Waals surface area contributed by atoms with Gasteiger partial charge in [-0.15, -0.1) is 10.2 Å². The van der Waals surface area contributed by atoms with E-state index in [1.807, 2.05) is 24.3 Å². The maximum absolute atomic E-state index is 12.5. The highest BCUT2D eigenvalue weighted by molar-refractivity contribution is 7.13. The number of anilines is 1. The van der Waals surface area contributed by atoms with Crippen LogP contribution >= 0.6 is 11.3 Å². The van der Waals surface area contributed by atoms with Gasteiger partial charge in [-0.25, -0.2) is 0 Å². The Balaban J connectivity index is 1.25. The normalized spacial score (nSPS) is 15.2. The second-order valence-electron chi connectivity index (χ2n) is 7.54. The van der Waals surface area contributed by atoms with E-state index in [9.17, 15) is 4.79 Å². The molecule has 1 aromatic heterocycles. The van der Waals surface area contributed by atoms with Crippen molar-refractivity contribution in [3.05, 3.63) is 75.7 Å². The minimum absolute atomic E-state index is 0.198. The Morgan fingerprint density at radius 2 is 1.57 bits per heavy atom. The number of carbonyl (C=O) groups excluding carboxylic acids is 1. The molecular formula is C23H27N5OS. The molecule has 0 unspecified atom stereocenters. The van der Waals surface area contributed by atoms with Crippen LogP contribution < -0.4 is 5.32 Å². The van der Waals surface area contributed by atoms with E-state index in [1.54, 1.807) is 0 Å². The van der Waals surface area contributed by atoms with E-state index in [1.165, 1.54) is 22.5 Å². The Morgan fingerprint density at radius 1 is 0.900 bits per heavy atom. The van der Waals surface area contributed by atoms with Crippen LogP contribution in [0.25, 0.3) is 0 Å². The minimum atomic E-state index is -0.198. The summed E-state index contributed by atoms with van der Waals surface area (Å²) in [4.78, 5) is 17.3. The molecule has 2 aromatic carbocycles. The van der Waals surface area contributed by atoms with Gasteiger partial charge in [-0.05, 0) is 29.7 Å². The molecule has 0 aliphatic carbocycles. The lowest BCUT2D eigenvalue weighted by molar-refractivity contribution is 0.102. The zero-order chi connectivity index (χ0) is 20.8. The van der Waals surface area contributed by atoms with Gasteiger partial charge in [-0.2, -0.15) is 0 Å². The van der Waals surface area contributed by atoms with Crippen LogP contribution in [0.2, 0.25) is 0 Å². The number of hydrogen-bond donors (Lipinski definition) is 1. The number of nitrogens with zero attached hydrogens (tertiary/aromatic N) is 4. The smallest absolute Gasteiger partial charge is 0.286 e. The Morgan fingerprint density at radius 3 is 2.23 bits per heavy atom. The maximum atomic E-state index is 12.5. The summed E-state index contributed by atoms with van der Waals surface area (Å²) in [6.07, 6.45) is 0.981. The lowest BCUT2D eigenvalue weighted by Crippen LogP contribution is -2.45. The number of rotatable bonds is 7. The van der Waals surface area contributed by atoms with Gasteiger partial charge in [0.15, 0.2) is 0 Å². The average Bonchev–Trinajstić information content (AvgIpc) is 3.25. The number of aryl methyl sites for hydroxylation is 1. The molecule has 0 saturated carbocycles. The SMILES string of the molecule is CCc1ccc(NC(=O)c2nnc(CN3CCN(Cc4ccccc4)CC3)s2)cc1. The van der Waals surface area contributed by atoms with E-state index < -0.39 is 0 Å². The number of carbonyl (C=O) groups is 1. The molecule has 0 radical (unpaired) electrons. The lowest BCUT2D eigenvalue weighted by Gasteiger charge is -2.34. The fourth-order valence-corrected chi connectivity index (χ4v) is 4.33. The van der Waals surface area contributed by atoms with E-state index in [0.29, 0.717) is 5.01 Å². The average molecular weight is 422 g/mol. The summed E-state index contributed by atoms with van der Waals surface area (Å²) in [5.41, 5.74) is 3.38. The molecule has 1 N–H and O–H groups in total. The number of nitrogens with one attached hydrogen (secondary N) is 1. The fourth-order valence-electron chi connectivity index (χ4n) is 3.56. The molecule has 6 nitrogen and oxygen atoms in total. The molecule has 1 fully saturated rings. The van der Waals surface area contributed by atoms with Crippen LogP contribution in [0.4, 0.5) is 5.69 Å². The standard InChI is InChI=1S/C23H27N5OS/c1-2-18-8-10-20(11-9-18)24-22(29)23-26-25-21(30-23)17-28-14-12-27(13-15-28)16-19-6-4-3-5-7-19/h3-11H,2,12-17H2,1H3,(H,24,29). The van der Waals surface area contributed by atoms with Crippen molar-refractivity contribution >= 4 is 22.9 Å². The Bertz CT molecular complexity index is 949. The third-order valence-corrected chi connectivity index (χ3v) is 6.26. The molecule has 0 atom stereocenters. The number of amides is 1. The third-order valence-electron chi connectivity index (χ3n) is 5.35. The summed E-state index contributed by atoms with van der Waals surface area (Å²) in [5.74, 6) is -0.198. The van der Waals surface area contributed by atoms with Crippen molar-refractivity contribution in [3.63, 3.8) is 0 Å². The molecule has 30 heavy (non-hydrogen) atoms. The Labute approximate surface area is 181 Å².